The fourth-order valence-electron chi connectivity index (χ4n) is 4.07. The molecule has 1 aliphatic heterocycles. The van der Waals surface area contributed by atoms with Crippen LogP contribution in [-0.2, 0) is 7.05 Å². The van der Waals surface area contributed by atoms with Gasteiger partial charge in [0.1, 0.15) is 16.8 Å². The summed E-state index contributed by atoms with van der Waals surface area (Å²) in [5, 5.41) is 17.3. The summed E-state index contributed by atoms with van der Waals surface area (Å²) in [4.78, 5) is 16.9. The van der Waals surface area contributed by atoms with E-state index in [9.17, 15) is 10.1 Å². The van der Waals surface area contributed by atoms with Gasteiger partial charge in [0.15, 0.2) is 0 Å². The van der Waals surface area contributed by atoms with Crippen molar-refractivity contribution in [2.75, 3.05) is 17.2 Å². The summed E-state index contributed by atoms with van der Waals surface area (Å²) in [6, 6.07) is 9.84. The molecule has 30 heavy (non-hydrogen) atoms. The van der Waals surface area contributed by atoms with Gasteiger partial charge in [0.2, 0.25) is 5.75 Å². The first kappa shape index (κ1) is 18.8. The first-order chi connectivity index (χ1) is 14.6. The Kier molecular flexibility index (Phi) is 4.52. The second-order valence-corrected chi connectivity index (χ2v) is 8.14. The topological polar surface area (TPSA) is 92.0 Å². The average molecular weight is 422 g/mol. The molecule has 152 valence electrons. The highest BCUT2D eigenvalue weighted by molar-refractivity contribution is 6.31. The Morgan fingerprint density at radius 3 is 2.93 bits per heavy atom. The molecule has 7 nitrogen and oxygen atoms in total. The Balaban J connectivity index is 1.64. The van der Waals surface area contributed by atoms with Crippen LogP contribution in [0.1, 0.15) is 24.8 Å². The molecule has 0 saturated heterocycles. The Morgan fingerprint density at radius 1 is 1.33 bits per heavy atom. The second kappa shape index (κ2) is 7.22. The van der Waals surface area contributed by atoms with Gasteiger partial charge in [-0.2, -0.15) is 5.26 Å². The van der Waals surface area contributed by atoms with E-state index >= 15 is 0 Å². The molecule has 5 rings (SSSR count). The molecule has 0 spiro atoms. The fraction of sp³-hybridized carbons (Fsp3) is 0.318. The molecule has 0 radical (unpaired) electrons. The number of aromatic nitrogens is 2. The van der Waals surface area contributed by atoms with E-state index in [4.69, 9.17) is 16.3 Å². The maximum Gasteiger partial charge on any atom is 0.295 e. The minimum absolute atomic E-state index is 0.144. The molecule has 1 saturated carbocycles. The number of nitrogens with one attached hydrogen (secondary N) is 2. The van der Waals surface area contributed by atoms with E-state index < -0.39 is 0 Å². The van der Waals surface area contributed by atoms with Crippen molar-refractivity contribution >= 4 is 39.6 Å². The quantitative estimate of drug-likeness (QED) is 0.616. The molecule has 1 fully saturated rings. The SMILES string of the molecule is Cn1c(=O)c2c(c3cc(Nc4ccnc(Cl)c4C#N)ccc31)N[C@H](C1CC1)CCO2. The zero-order valence-electron chi connectivity index (χ0n) is 16.4. The molecule has 1 aromatic carbocycles. The molecule has 2 aromatic heterocycles. The summed E-state index contributed by atoms with van der Waals surface area (Å²) in [6.07, 6.45) is 4.85. The van der Waals surface area contributed by atoms with Gasteiger partial charge in [-0.15, -0.1) is 0 Å². The van der Waals surface area contributed by atoms with E-state index in [0.29, 0.717) is 30.0 Å². The molecule has 2 aliphatic rings. The van der Waals surface area contributed by atoms with Crippen LogP contribution in [0.2, 0.25) is 5.15 Å². The van der Waals surface area contributed by atoms with Gasteiger partial charge >= 0.3 is 0 Å². The summed E-state index contributed by atoms with van der Waals surface area (Å²) in [5.74, 6) is 1.01. The van der Waals surface area contributed by atoms with Crippen molar-refractivity contribution in [2.45, 2.75) is 25.3 Å². The van der Waals surface area contributed by atoms with Crippen molar-refractivity contribution in [1.82, 2.24) is 9.55 Å². The number of benzene rings is 1. The van der Waals surface area contributed by atoms with Crippen molar-refractivity contribution in [3.63, 3.8) is 0 Å². The lowest BCUT2D eigenvalue weighted by Crippen LogP contribution is -2.23. The van der Waals surface area contributed by atoms with E-state index in [1.54, 1.807) is 23.9 Å². The molecular formula is C22H20ClN5O2. The van der Waals surface area contributed by atoms with Crippen molar-refractivity contribution in [3.8, 4) is 11.8 Å². The zero-order chi connectivity index (χ0) is 20.8. The highest BCUT2D eigenvalue weighted by Gasteiger charge is 2.34. The van der Waals surface area contributed by atoms with Crippen LogP contribution in [0.3, 0.4) is 0 Å². The summed E-state index contributed by atoms with van der Waals surface area (Å²) in [7, 11) is 1.75. The van der Waals surface area contributed by atoms with E-state index in [-0.39, 0.29) is 16.3 Å². The summed E-state index contributed by atoms with van der Waals surface area (Å²) in [6.45, 7) is 0.529. The fourth-order valence-corrected chi connectivity index (χ4v) is 4.28. The predicted octanol–water partition coefficient (Wildman–Crippen LogP) is 4.18. The van der Waals surface area contributed by atoms with Crippen LogP contribution in [0.5, 0.6) is 5.75 Å². The van der Waals surface area contributed by atoms with Crippen LogP contribution in [-0.4, -0.2) is 22.2 Å². The third kappa shape index (κ3) is 3.14. The number of nitriles is 1. The predicted molar refractivity (Wildman–Crippen MR) is 117 cm³/mol. The second-order valence-electron chi connectivity index (χ2n) is 7.79. The van der Waals surface area contributed by atoms with E-state index in [1.807, 2.05) is 18.2 Å². The van der Waals surface area contributed by atoms with Crippen molar-refractivity contribution in [3.05, 3.63) is 51.5 Å². The first-order valence-corrected chi connectivity index (χ1v) is 10.3. The Hall–Kier alpha value is -3.24. The van der Waals surface area contributed by atoms with Crippen LogP contribution in [0.15, 0.2) is 35.3 Å². The average Bonchev–Trinajstić information content (AvgIpc) is 3.58. The van der Waals surface area contributed by atoms with Crippen LogP contribution in [0.4, 0.5) is 17.1 Å². The van der Waals surface area contributed by atoms with Crippen molar-refractivity contribution in [1.29, 1.82) is 5.26 Å². The van der Waals surface area contributed by atoms with Gasteiger partial charge in [-0.05, 0) is 43.0 Å². The smallest absolute Gasteiger partial charge is 0.295 e. The van der Waals surface area contributed by atoms with Gasteiger partial charge in [0, 0.05) is 36.8 Å². The van der Waals surface area contributed by atoms with Crippen molar-refractivity contribution < 1.29 is 4.74 Å². The number of ether oxygens (including phenoxy) is 1. The van der Waals surface area contributed by atoms with E-state index in [0.717, 1.165) is 28.7 Å². The van der Waals surface area contributed by atoms with Gasteiger partial charge in [-0.25, -0.2) is 4.98 Å². The number of anilines is 3. The molecular weight excluding hydrogens is 402 g/mol. The number of halogens is 1. The Morgan fingerprint density at radius 2 is 2.17 bits per heavy atom. The number of pyridine rings is 2. The molecule has 3 heterocycles. The zero-order valence-corrected chi connectivity index (χ0v) is 17.2. The maximum absolute atomic E-state index is 12.9. The largest absolute Gasteiger partial charge is 0.486 e. The molecule has 0 amide bonds. The lowest BCUT2D eigenvalue weighted by molar-refractivity contribution is 0.303. The van der Waals surface area contributed by atoms with Crippen LogP contribution in [0.25, 0.3) is 10.9 Å². The normalized spacial score (nSPS) is 18.0. The van der Waals surface area contributed by atoms with E-state index in [1.165, 1.54) is 12.8 Å². The standard InChI is InChI=1S/C22H20ClN5O2/c1-28-18-5-4-13(26-17-6-8-25-21(23)15(17)11-24)10-14(18)19-20(22(28)29)30-9-7-16(27-19)12-2-3-12/h4-6,8,10,12,16,27H,2-3,7,9H2,1H3,(H,25,26)/t16-/m0/s1. The minimum atomic E-state index is -0.144. The number of rotatable bonds is 3. The van der Waals surface area contributed by atoms with Gasteiger partial charge in [0.05, 0.1) is 23.5 Å². The number of fused-ring (bicyclic) bond motifs is 3. The first-order valence-electron chi connectivity index (χ1n) is 9.94. The van der Waals surface area contributed by atoms with Gasteiger partial charge in [-0.3, -0.25) is 4.79 Å². The Bertz CT molecular complexity index is 1260. The molecule has 0 unspecified atom stereocenters. The Labute approximate surface area is 178 Å². The highest BCUT2D eigenvalue weighted by Crippen LogP contribution is 2.41. The monoisotopic (exact) mass is 421 g/mol. The number of hydrogen-bond acceptors (Lipinski definition) is 6. The van der Waals surface area contributed by atoms with Gasteiger partial charge < -0.3 is 19.9 Å². The van der Waals surface area contributed by atoms with Gasteiger partial charge in [-0.1, -0.05) is 11.6 Å². The molecule has 1 atom stereocenters. The molecule has 1 aliphatic carbocycles. The molecule has 2 N–H and O–H groups in total. The van der Waals surface area contributed by atoms with Crippen molar-refractivity contribution in [2.24, 2.45) is 13.0 Å². The lowest BCUT2D eigenvalue weighted by Gasteiger charge is -2.19. The summed E-state index contributed by atoms with van der Waals surface area (Å²) in [5.41, 5.74) is 3.05. The molecule has 8 heteroatoms. The maximum atomic E-state index is 12.9. The molecule has 0 bridgehead atoms. The molecule has 3 aromatic rings. The van der Waals surface area contributed by atoms with Crippen LogP contribution in [0, 0.1) is 17.2 Å². The van der Waals surface area contributed by atoms with E-state index in [2.05, 4.69) is 21.7 Å². The van der Waals surface area contributed by atoms with Crippen LogP contribution < -0.4 is 20.9 Å². The van der Waals surface area contributed by atoms with Crippen LogP contribution >= 0.6 is 11.6 Å². The highest BCUT2D eigenvalue weighted by atomic mass is 35.5. The summed E-state index contributed by atoms with van der Waals surface area (Å²) < 4.78 is 7.51. The third-order valence-corrected chi connectivity index (χ3v) is 6.13. The minimum Gasteiger partial charge on any atom is -0.486 e. The van der Waals surface area contributed by atoms with Gasteiger partial charge in [0.25, 0.3) is 5.56 Å². The third-order valence-electron chi connectivity index (χ3n) is 5.84. The number of aryl methyl sites for hydroxylation is 1. The number of hydrogen-bond donors (Lipinski definition) is 2. The lowest BCUT2D eigenvalue weighted by atomic mass is 10.1. The summed E-state index contributed by atoms with van der Waals surface area (Å²) >= 11 is 6.06. The number of nitrogens with zero attached hydrogens (tertiary/aromatic N) is 3.